The highest BCUT2D eigenvalue weighted by Crippen LogP contribution is 2.39. The molecule has 58 heavy (non-hydrogen) atoms. The summed E-state index contributed by atoms with van der Waals surface area (Å²) in [6, 6.07) is 26.6. The van der Waals surface area contributed by atoms with E-state index in [1.807, 2.05) is 12.1 Å². The second-order valence-electron chi connectivity index (χ2n) is 15.8. The molecule has 12 heteroatoms. The van der Waals surface area contributed by atoms with Gasteiger partial charge in [-0.1, -0.05) is 102 Å². The number of benzene rings is 4. The number of Topliss-reactive ketones (excluding diaryl/α,β-unsaturated/α-hetero) is 1. The molecule has 0 aliphatic carbocycles. The van der Waals surface area contributed by atoms with E-state index in [9.17, 15) is 24.0 Å². The van der Waals surface area contributed by atoms with Crippen LogP contribution < -0.4 is 20.1 Å². The summed E-state index contributed by atoms with van der Waals surface area (Å²) in [5, 5.41) is 5.45. The Kier molecular flexibility index (Phi) is 13.7. The van der Waals surface area contributed by atoms with Crippen molar-refractivity contribution >= 4 is 52.5 Å². The Morgan fingerprint density at radius 2 is 1.45 bits per heavy atom. The van der Waals surface area contributed by atoms with Crippen LogP contribution in [0.3, 0.4) is 0 Å². The number of hydrogen-bond donors (Lipinski definition) is 2. The van der Waals surface area contributed by atoms with Crippen molar-refractivity contribution in [3.63, 3.8) is 0 Å². The first-order valence-corrected chi connectivity index (χ1v) is 19.9. The van der Waals surface area contributed by atoms with Crippen LogP contribution in [0.15, 0.2) is 97.1 Å². The van der Waals surface area contributed by atoms with Gasteiger partial charge in [0.1, 0.15) is 18.0 Å². The first-order chi connectivity index (χ1) is 27.5. The highest BCUT2D eigenvalue weighted by atomic mass is 35.5. The van der Waals surface area contributed by atoms with Gasteiger partial charge in [0.2, 0.25) is 11.7 Å². The van der Waals surface area contributed by atoms with E-state index in [4.69, 9.17) is 21.1 Å². The number of hydrogen-bond acceptors (Lipinski definition) is 7. The maximum Gasteiger partial charge on any atom is 0.329 e. The Bertz CT molecular complexity index is 2140. The average Bonchev–Trinajstić information content (AvgIpc) is 3.50. The highest BCUT2D eigenvalue weighted by molar-refractivity contribution is 6.51. The number of amides is 5. The zero-order chi connectivity index (χ0) is 42.3. The number of alkyl halides is 1. The molecule has 0 saturated carbocycles. The van der Waals surface area contributed by atoms with E-state index in [0.29, 0.717) is 29.4 Å². The summed E-state index contributed by atoms with van der Waals surface area (Å²) in [5.41, 5.74) is 3.60. The molecule has 5 rings (SSSR count). The van der Waals surface area contributed by atoms with Crippen LogP contribution in [0.2, 0.25) is 0 Å². The Labute approximate surface area is 346 Å². The molecule has 0 bridgehead atoms. The maximum absolute atomic E-state index is 14.2. The molecule has 4 aromatic rings. The lowest BCUT2D eigenvalue weighted by atomic mass is 9.76. The van der Waals surface area contributed by atoms with Crippen LogP contribution in [0.5, 0.6) is 11.5 Å². The molecule has 1 saturated heterocycles. The smallest absolute Gasteiger partial charge is 0.329 e. The van der Waals surface area contributed by atoms with Crippen LogP contribution in [0.25, 0.3) is 0 Å². The third-order valence-corrected chi connectivity index (χ3v) is 11.5. The van der Waals surface area contributed by atoms with E-state index in [-0.39, 0.29) is 47.5 Å². The SMILES string of the molecule is CCC(C)(C)c1ccc(OCCCC(=O)Nc2cccc(NC(=O)C(Cl)(C(=O)c3ccc(OC)cc3)N3C(=O)CN(Cc4ccccc4)C3=O)c2)c(C(C)(C)CC)c1. The summed E-state index contributed by atoms with van der Waals surface area (Å²) >= 11 is 6.96. The number of halogens is 1. The maximum atomic E-state index is 14.2. The minimum absolute atomic E-state index is 0.0270. The second-order valence-corrected chi connectivity index (χ2v) is 16.3. The number of anilines is 2. The standard InChI is InChI=1S/C46H53ClN4O7/c1-8-44(3,4)33-22-25-38(37(27-33)45(5,6)9-2)58-26-14-19-39(52)48-34-17-13-18-35(28-34)49-42(55)46(47,41(54)32-20-23-36(57-7)24-21-32)51-40(53)30-50(43(51)56)29-31-15-11-10-12-16-31/h10-13,15-18,20-25,27-28H,8-9,14,19,26,29-30H2,1-7H3,(H,48,52)(H,49,55). The van der Waals surface area contributed by atoms with Gasteiger partial charge in [0, 0.05) is 35.5 Å². The molecule has 1 fully saturated rings. The normalized spacial score (nSPS) is 14.2. The van der Waals surface area contributed by atoms with Crippen LogP contribution in [0.4, 0.5) is 16.2 Å². The second kappa shape index (κ2) is 18.3. The molecule has 1 unspecified atom stereocenters. The number of ketones is 1. The molecule has 0 aromatic heterocycles. The number of rotatable bonds is 18. The van der Waals surface area contributed by atoms with Gasteiger partial charge in [-0.2, -0.15) is 0 Å². The van der Waals surface area contributed by atoms with Gasteiger partial charge in [-0.15, -0.1) is 0 Å². The zero-order valence-corrected chi connectivity index (χ0v) is 35.1. The van der Waals surface area contributed by atoms with Crippen LogP contribution in [0, 0.1) is 0 Å². The first kappa shape index (κ1) is 43.4. The van der Waals surface area contributed by atoms with Crippen molar-refractivity contribution in [2.45, 2.75) is 89.6 Å². The lowest BCUT2D eigenvalue weighted by Crippen LogP contribution is -2.60. The van der Waals surface area contributed by atoms with Crippen molar-refractivity contribution in [3.05, 3.63) is 119 Å². The molecule has 306 valence electrons. The van der Waals surface area contributed by atoms with E-state index in [0.717, 1.165) is 29.7 Å². The van der Waals surface area contributed by atoms with Crippen LogP contribution in [-0.4, -0.2) is 64.6 Å². The van der Waals surface area contributed by atoms with Gasteiger partial charge in [-0.25, -0.2) is 9.69 Å². The summed E-state index contributed by atoms with van der Waals surface area (Å²) in [6.45, 7) is 13.3. The molecule has 1 atom stereocenters. The quantitative estimate of drug-likeness (QED) is 0.0256. The zero-order valence-electron chi connectivity index (χ0n) is 34.3. The number of ether oxygens (including phenoxy) is 2. The summed E-state index contributed by atoms with van der Waals surface area (Å²) in [5.74, 6) is -1.95. The van der Waals surface area contributed by atoms with Crippen molar-refractivity contribution < 1.29 is 33.4 Å². The number of methoxy groups -OCH3 is 1. The van der Waals surface area contributed by atoms with Crippen LogP contribution >= 0.6 is 11.6 Å². The summed E-state index contributed by atoms with van der Waals surface area (Å²) in [6.07, 6.45) is 2.58. The Morgan fingerprint density at radius 3 is 2.09 bits per heavy atom. The molecule has 1 aliphatic heterocycles. The largest absolute Gasteiger partial charge is 0.497 e. The minimum Gasteiger partial charge on any atom is -0.497 e. The van der Waals surface area contributed by atoms with Gasteiger partial charge in [-0.05, 0) is 89.8 Å². The van der Waals surface area contributed by atoms with Crippen molar-refractivity contribution in [2.24, 2.45) is 0 Å². The number of imide groups is 1. The summed E-state index contributed by atoms with van der Waals surface area (Å²) in [7, 11) is 1.46. The Balaban J connectivity index is 1.28. The van der Waals surface area contributed by atoms with Gasteiger partial charge in [-0.3, -0.25) is 19.2 Å². The van der Waals surface area contributed by atoms with Crippen molar-refractivity contribution in [1.29, 1.82) is 0 Å². The number of carbonyl (C=O) groups is 5. The third-order valence-electron chi connectivity index (χ3n) is 11.0. The summed E-state index contributed by atoms with van der Waals surface area (Å²) < 4.78 is 11.4. The van der Waals surface area contributed by atoms with E-state index in [1.54, 1.807) is 36.4 Å². The average molecular weight is 809 g/mol. The number of nitrogens with zero attached hydrogens (tertiary/aromatic N) is 2. The van der Waals surface area contributed by atoms with E-state index in [1.165, 1.54) is 54.0 Å². The number of carbonyl (C=O) groups excluding carboxylic acids is 5. The Hall–Kier alpha value is -5.68. The predicted octanol–water partition coefficient (Wildman–Crippen LogP) is 9.09. The van der Waals surface area contributed by atoms with Gasteiger partial charge >= 0.3 is 6.03 Å². The molecular formula is C46H53ClN4O7. The van der Waals surface area contributed by atoms with Crippen molar-refractivity contribution in [2.75, 3.05) is 30.9 Å². The topological polar surface area (TPSA) is 134 Å². The van der Waals surface area contributed by atoms with Crippen LogP contribution in [-0.2, 0) is 31.8 Å². The molecule has 0 spiro atoms. The monoisotopic (exact) mass is 808 g/mol. The van der Waals surface area contributed by atoms with Crippen molar-refractivity contribution in [3.8, 4) is 11.5 Å². The van der Waals surface area contributed by atoms with Gasteiger partial charge < -0.3 is 25.0 Å². The predicted molar refractivity (Wildman–Crippen MR) is 227 cm³/mol. The van der Waals surface area contributed by atoms with Gasteiger partial charge in [0.25, 0.3) is 16.8 Å². The third kappa shape index (κ3) is 9.70. The van der Waals surface area contributed by atoms with E-state index >= 15 is 0 Å². The highest BCUT2D eigenvalue weighted by Gasteiger charge is 2.58. The lowest BCUT2D eigenvalue weighted by Gasteiger charge is -2.32. The molecule has 2 N–H and O–H groups in total. The molecule has 11 nitrogen and oxygen atoms in total. The molecule has 5 amide bonds. The minimum atomic E-state index is -2.80. The molecular weight excluding hydrogens is 756 g/mol. The summed E-state index contributed by atoms with van der Waals surface area (Å²) in [4.78, 5) is 67.6. The Morgan fingerprint density at radius 1 is 0.793 bits per heavy atom. The van der Waals surface area contributed by atoms with E-state index in [2.05, 4.69) is 64.3 Å². The van der Waals surface area contributed by atoms with Gasteiger partial charge in [0.05, 0.1) is 13.7 Å². The van der Waals surface area contributed by atoms with Crippen LogP contribution in [0.1, 0.15) is 94.3 Å². The fraction of sp³-hybridized carbons (Fsp3) is 0.370. The first-order valence-electron chi connectivity index (χ1n) is 19.6. The molecule has 0 radical (unpaired) electrons. The molecule has 1 aliphatic rings. The number of urea groups is 1. The van der Waals surface area contributed by atoms with E-state index < -0.39 is 28.6 Å². The van der Waals surface area contributed by atoms with Gasteiger partial charge in [0.15, 0.2) is 0 Å². The van der Waals surface area contributed by atoms with Crippen molar-refractivity contribution in [1.82, 2.24) is 9.80 Å². The molecule has 4 aromatic carbocycles. The lowest BCUT2D eigenvalue weighted by molar-refractivity contribution is -0.132. The fourth-order valence-corrected chi connectivity index (χ4v) is 6.87. The number of nitrogens with one attached hydrogen (secondary N) is 2. The molecule has 1 heterocycles. The fourth-order valence-electron chi connectivity index (χ4n) is 6.55.